The zero-order valence-corrected chi connectivity index (χ0v) is 11.1. The molecule has 0 spiro atoms. The molecule has 1 heterocycles. The van der Waals surface area contributed by atoms with Crippen LogP contribution in [0.25, 0.3) is 11.1 Å². The van der Waals surface area contributed by atoms with Crippen molar-refractivity contribution < 1.29 is 19.4 Å². The highest BCUT2D eigenvalue weighted by molar-refractivity contribution is 5.91. The molecule has 21 heavy (non-hydrogen) atoms. The maximum atomic E-state index is 11.2. The minimum absolute atomic E-state index is 0.204. The number of fused-ring (bicyclic) bond motifs is 3. The predicted octanol–water partition coefficient (Wildman–Crippen LogP) is 2.83. The Kier molecular flexibility index (Phi) is 3.48. The first-order chi connectivity index (χ1) is 10.3. The van der Waals surface area contributed by atoms with Crippen LogP contribution in [0.3, 0.4) is 0 Å². The number of carboxylic acids is 1. The van der Waals surface area contributed by atoms with Crippen molar-refractivity contribution in [2.45, 2.75) is 0 Å². The molecule has 0 radical (unpaired) electrons. The highest BCUT2D eigenvalue weighted by Gasteiger charge is 2.15. The molecule has 1 aliphatic heterocycles. The van der Waals surface area contributed by atoms with Crippen LogP contribution in [0.15, 0.2) is 42.5 Å². The Morgan fingerprint density at radius 1 is 0.952 bits per heavy atom. The van der Waals surface area contributed by atoms with Crippen molar-refractivity contribution in [3.05, 3.63) is 48.0 Å². The van der Waals surface area contributed by atoms with Crippen LogP contribution in [-0.4, -0.2) is 24.3 Å². The highest BCUT2D eigenvalue weighted by Crippen LogP contribution is 2.37. The van der Waals surface area contributed by atoms with E-state index in [2.05, 4.69) is 11.8 Å². The number of hydrogen-bond donors (Lipinski definition) is 1. The molecule has 0 atom stereocenters. The first-order valence-corrected chi connectivity index (χ1v) is 6.44. The second-order valence-corrected chi connectivity index (χ2v) is 4.44. The molecule has 0 aliphatic carbocycles. The second-order valence-electron chi connectivity index (χ2n) is 4.44. The standard InChI is InChI=1S/C17H12O4/c18-17(19)12-7-8-16-14(11-12)13-5-1-2-6-15(13)20-9-3-4-10-21-16/h1-2,5-8,11H,9-10H2,(H,18,19). The number of ether oxygens (including phenoxy) is 2. The molecule has 0 saturated carbocycles. The first-order valence-electron chi connectivity index (χ1n) is 6.44. The molecule has 2 aromatic rings. The van der Waals surface area contributed by atoms with E-state index < -0.39 is 5.97 Å². The summed E-state index contributed by atoms with van der Waals surface area (Å²) < 4.78 is 11.3. The Hall–Kier alpha value is -2.93. The van der Waals surface area contributed by atoms with E-state index in [1.807, 2.05) is 24.3 Å². The number of para-hydroxylation sites is 1. The topological polar surface area (TPSA) is 55.8 Å². The number of carboxylic acid groups (broad SMARTS) is 1. The van der Waals surface area contributed by atoms with Gasteiger partial charge in [-0.15, -0.1) is 0 Å². The van der Waals surface area contributed by atoms with Crippen LogP contribution in [0.2, 0.25) is 0 Å². The molecule has 0 saturated heterocycles. The van der Waals surface area contributed by atoms with E-state index in [1.54, 1.807) is 12.1 Å². The average molecular weight is 280 g/mol. The van der Waals surface area contributed by atoms with Crippen LogP contribution in [0, 0.1) is 11.8 Å². The van der Waals surface area contributed by atoms with Gasteiger partial charge in [-0.2, -0.15) is 0 Å². The Bertz CT molecular complexity index is 753. The van der Waals surface area contributed by atoms with Gasteiger partial charge in [0.05, 0.1) is 5.56 Å². The fraction of sp³-hybridized carbons (Fsp3) is 0.118. The summed E-state index contributed by atoms with van der Waals surface area (Å²) >= 11 is 0. The summed E-state index contributed by atoms with van der Waals surface area (Å²) in [6.45, 7) is 0.513. The lowest BCUT2D eigenvalue weighted by molar-refractivity contribution is 0.0697. The normalized spacial score (nSPS) is 12.6. The summed E-state index contributed by atoms with van der Waals surface area (Å²) in [6.07, 6.45) is 0. The fourth-order valence-electron chi connectivity index (χ4n) is 2.14. The van der Waals surface area contributed by atoms with Crippen LogP contribution in [0.4, 0.5) is 0 Å². The molecule has 4 nitrogen and oxygen atoms in total. The van der Waals surface area contributed by atoms with E-state index in [-0.39, 0.29) is 18.8 Å². The fourth-order valence-corrected chi connectivity index (χ4v) is 2.14. The van der Waals surface area contributed by atoms with Gasteiger partial charge in [0.15, 0.2) is 0 Å². The largest absolute Gasteiger partial charge is 0.480 e. The third-order valence-electron chi connectivity index (χ3n) is 3.13. The summed E-state index contributed by atoms with van der Waals surface area (Å²) in [5.74, 6) is 5.98. The van der Waals surface area contributed by atoms with E-state index in [9.17, 15) is 4.79 Å². The third-order valence-corrected chi connectivity index (χ3v) is 3.13. The van der Waals surface area contributed by atoms with Gasteiger partial charge in [-0.3, -0.25) is 0 Å². The molecule has 0 bridgehead atoms. The van der Waals surface area contributed by atoms with Gasteiger partial charge in [-0.25, -0.2) is 4.79 Å². The first kappa shape index (κ1) is 13.1. The molecule has 1 N–H and O–H groups in total. The van der Waals surface area contributed by atoms with E-state index in [0.29, 0.717) is 17.1 Å². The molecule has 0 aromatic heterocycles. The van der Waals surface area contributed by atoms with Crippen LogP contribution < -0.4 is 9.47 Å². The SMILES string of the molecule is O=C(O)c1ccc2c(c1)-c1ccccc1OCC#CCO2. The lowest BCUT2D eigenvalue weighted by atomic mass is 10.0. The molecule has 0 unspecified atom stereocenters. The number of rotatable bonds is 1. The molecular weight excluding hydrogens is 268 g/mol. The van der Waals surface area contributed by atoms with Crippen LogP contribution in [-0.2, 0) is 0 Å². The lowest BCUT2D eigenvalue weighted by Gasteiger charge is -2.15. The predicted molar refractivity (Wildman–Crippen MR) is 77.6 cm³/mol. The van der Waals surface area contributed by atoms with E-state index >= 15 is 0 Å². The lowest BCUT2D eigenvalue weighted by Crippen LogP contribution is -2.04. The zero-order valence-electron chi connectivity index (χ0n) is 11.1. The van der Waals surface area contributed by atoms with E-state index in [4.69, 9.17) is 14.6 Å². The number of carbonyl (C=O) groups is 1. The molecule has 4 heteroatoms. The Morgan fingerprint density at radius 3 is 2.33 bits per heavy atom. The molecule has 2 aromatic carbocycles. The van der Waals surface area contributed by atoms with Crippen molar-refractivity contribution in [2.24, 2.45) is 0 Å². The van der Waals surface area contributed by atoms with Gasteiger partial charge in [-0.05, 0) is 24.3 Å². The van der Waals surface area contributed by atoms with Crippen molar-refractivity contribution in [1.82, 2.24) is 0 Å². The van der Waals surface area contributed by atoms with Gasteiger partial charge in [0.1, 0.15) is 24.7 Å². The molecule has 1 aliphatic rings. The van der Waals surface area contributed by atoms with Crippen molar-refractivity contribution >= 4 is 5.97 Å². The summed E-state index contributed by atoms with van der Waals surface area (Å²) in [7, 11) is 0. The van der Waals surface area contributed by atoms with Crippen molar-refractivity contribution in [3.63, 3.8) is 0 Å². The third kappa shape index (κ3) is 2.67. The Morgan fingerprint density at radius 2 is 1.62 bits per heavy atom. The van der Waals surface area contributed by atoms with Gasteiger partial charge in [0, 0.05) is 11.1 Å². The Balaban J connectivity index is 2.20. The molecule has 104 valence electrons. The summed E-state index contributed by atoms with van der Waals surface area (Å²) in [6, 6.07) is 12.2. The second kappa shape index (κ2) is 5.59. The number of aromatic carboxylic acids is 1. The van der Waals surface area contributed by atoms with Crippen LogP contribution in [0.1, 0.15) is 10.4 Å². The minimum atomic E-state index is -0.979. The van der Waals surface area contributed by atoms with Gasteiger partial charge in [-0.1, -0.05) is 30.0 Å². The van der Waals surface area contributed by atoms with Crippen LogP contribution >= 0.6 is 0 Å². The van der Waals surface area contributed by atoms with Gasteiger partial charge < -0.3 is 14.6 Å². The minimum Gasteiger partial charge on any atom is -0.480 e. The summed E-state index contributed by atoms with van der Waals surface area (Å²) in [5, 5.41) is 9.17. The maximum absolute atomic E-state index is 11.2. The summed E-state index contributed by atoms with van der Waals surface area (Å²) in [4.78, 5) is 11.2. The maximum Gasteiger partial charge on any atom is 0.335 e. The molecule has 3 rings (SSSR count). The molecular formula is C17H12O4. The molecule has 0 fully saturated rings. The number of benzene rings is 2. The van der Waals surface area contributed by atoms with Gasteiger partial charge >= 0.3 is 5.97 Å². The zero-order chi connectivity index (χ0) is 14.7. The van der Waals surface area contributed by atoms with Crippen molar-refractivity contribution in [3.8, 4) is 34.5 Å². The van der Waals surface area contributed by atoms with Gasteiger partial charge in [0.2, 0.25) is 0 Å². The van der Waals surface area contributed by atoms with Gasteiger partial charge in [0.25, 0.3) is 0 Å². The van der Waals surface area contributed by atoms with Crippen molar-refractivity contribution in [1.29, 1.82) is 0 Å². The number of hydrogen-bond acceptors (Lipinski definition) is 3. The van der Waals surface area contributed by atoms with E-state index in [0.717, 1.165) is 5.56 Å². The summed E-state index contributed by atoms with van der Waals surface area (Å²) in [5.41, 5.74) is 1.68. The van der Waals surface area contributed by atoms with Crippen molar-refractivity contribution in [2.75, 3.05) is 13.2 Å². The Labute approximate surface area is 121 Å². The monoisotopic (exact) mass is 280 g/mol. The van der Waals surface area contributed by atoms with E-state index in [1.165, 1.54) is 6.07 Å². The highest BCUT2D eigenvalue weighted by atomic mass is 16.5. The molecule has 0 amide bonds. The quantitative estimate of drug-likeness (QED) is 0.816. The smallest absolute Gasteiger partial charge is 0.335 e. The average Bonchev–Trinajstić information content (AvgIpc) is 2.51. The van der Waals surface area contributed by atoms with Crippen LogP contribution in [0.5, 0.6) is 11.5 Å².